The lowest BCUT2D eigenvalue weighted by Crippen LogP contribution is -2.24. The summed E-state index contributed by atoms with van der Waals surface area (Å²) < 4.78 is 0. The van der Waals surface area contributed by atoms with Gasteiger partial charge in [0.25, 0.3) is 5.91 Å². The number of aliphatic hydroxyl groups is 1. The number of hydrogen-bond donors (Lipinski definition) is 3. The van der Waals surface area contributed by atoms with Gasteiger partial charge >= 0.3 is 0 Å². The van der Waals surface area contributed by atoms with Gasteiger partial charge in [0.05, 0.1) is 11.0 Å². The van der Waals surface area contributed by atoms with Crippen LogP contribution >= 0.6 is 0 Å². The quantitative estimate of drug-likeness (QED) is 0.403. The lowest BCUT2D eigenvalue weighted by Gasteiger charge is -2.07. The highest BCUT2D eigenvalue weighted by Crippen LogP contribution is 2.42. The molecule has 1 aliphatic rings. The molecule has 1 aromatic heterocycles. The monoisotopic (exact) mass is 383 g/mol. The Balaban J connectivity index is 1.53. The zero-order valence-electron chi connectivity index (χ0n) is 15.9. The van der Waals surface area contributed by atoms with Crippen LogP contribution in [0, 0.1) is 0 Å². The van der Waals surface area contributed by atoms with E-state index in [1.165, 1.54) is 22.3 Å². The first-order valence-corrected chi connectivity index (χ1v) is 9.84. The van der Waals surface area contributed by atoms with Gasteiger partial charge in [-0.1, -0.05) is 42.5 Å². The summed E-state index contributed by atoms with van der Waals surface area (Å²) in [5.41, 5.74) is 8.48. The van der Waals surface area contributed by atoms with Crippen LogP contribution in [-0.4, -0.2) is 34.1 Å². The summed E-state index contributed by atoms with van der Waals surface area (Å²) in [4.78, 5) is 20.5. The third kappa shape index (κ3) is 3.09. The molecule has 5 rings (SSSR count). The van der Waals surface area contributed by atoms with E-state index in [0.717, 1.165) is 28.8 Å². The van der Waals surface area contributed by atoms with Crippen LogP contribution in [0.15, 0.2) is 60.7 Å². The van der Waals surface area contributed by atoms with E-state index in [4.69, 9.17) is 10.1 Å². The molecule has 29 heavy (non-hydrogen) atoms. The summed E-state index contributed by atoms with van der Waals surface area (Å²) in [5, 5.41) is 11.7. The third-order valence-electron chi connectivity index (χ3n) is 5.44. The van der Waals surface area contributed by atoms with Crippen LogP contribution in [0.25, 0.3) is 33.5 Å². The summed E-state index contributed by atoms with van der Waals surface area (Å²) in [6.07, 6.45) is 1.49. The van der Waals surface area contributed by atoms with Crippen molar-refractivity contribution in [2.45, 2.75) is 12.8 Å². The number of carbonyl (C=O) groups excluding carboxylic acids is 1. The van der Waals surface area contributed by atoms with Crippen molar-refractivity contribution in [1.82, 2.24) is 15.3 Å². The minimum Gasteiger partial charge on any atom is -0.396 e. The predicted octanol–water partition coefficient (Wildman–Crippen LogP) is 3.91. The van der Waals surface area contributed by atoms with Crippen molar-refractivity contribution in [3.63, 3.8) is 0 Å². The second-order valence-electron chi connectivity index (χ2n) is 7.32. The standard InChI is InChI=1S/C24H21N3O2/c28-12-4-11-25-24(29)17-9-10-20-21(14-17)27-23(26-20)19-8-3-6-16-13-15-5-1-2-7-18(15)22(16)19/h1-3,5-10,14,28H,4,11-13H2,(H,25,29)(H,26,27). The maximum atomic E-state index is 12.3. The highest BCUT2D eigenvalue weighted by Gasteiger charge is 2.22. The van der Waals surface area contributed by atoms with Crippen LogP contribution in [0.2, 0.25) is 0 Å². The zero-order valence-corrected chi connectivity index (χ0v) is 15.9. The second kappa shape index (κ2) is 7.18. The van der Waals surface area contributed by atoms with Crippen LogP contribution in [0.3, 0.4) is 0 Å². The first-order chi connectivity index (χ1) is 14.2. The number of H-pyrrole nitrogens is 1. The fourth-order valence-electron chi connectivity index (χ4n) is 4.05. The topological polar surface area (TPSA) is 78.0 Å². The number of rotatable bonds is 5. The molecule has 3 N–H and O–H groups in total. The average Bonchev–Trinajstić information content (AvgIpc) is 3.34. The van der Waals surface area contributed by atoms with E-state index in [0.29, 0.717) is 18.5 Å². The Bertz CT molecular complexity index is 1230. The SMILES string of the molecule is O=C(NCCCO)c1ccc2nc(-c3cccc4c3-c3ccccc3C4)[nH]c2c1. The number of nitrogens with one attached hydrogen (secondary N) is 2. The van der Waals surface area contributed by atoms with Gasteiger partial charge < -0.3 is 15.4 Å². The third-order valence-corrected chi connectivity index (χ3v) is 5.44. The van der Waals surface area contributed by atoms with Gasteiger partial charge in [-0.3, -0.25) is 4.79 Å². The average molecular weight is 383 g/mol. The number of fused-ring (bicyclic) bond motifs is 4. The molecule has 0 spiro atoms. The molecule has 0 fully saturated rings. The molecule has 3 aromatic carbocycles. The summed E-state index contributed by atoms with van der Waals surface area (Å²) in [5.74, 6) is 0.664. The summed E-state index contributed by atoms with van der Waals surface area (Å²) >= 11 is 0. The number of benzene rings is 3. The van der Waals surface area contributed by atoms with Crippen molar-refractivity contribution in [2.75, 3.05) is 13.2 Å². The van der Waals surface area contributed by atoms with Crippen molar-refractivity contribution in [3.05, 3.63) is 77.4 Å². The number of imidazole rings is 1. The van der Waals surface area contributed by atoms with E-state index in [9.17, 15) is 4.79 Å². The highest BCUT2D eigenvalue weighted by atomic mass is 16.3. The van der Waals surface area contributed by atoms with E-state index in [1.54, 1.807) is 6.07 Å². The fourth-order valence-corrected chi connectivity index (χ4v) is 4.05. The predicted molar refractivity (Wildman–Crippen MR) is 114 cm³/mol. The van der Waals surface area contributed by atoms with Crippen LogP contribution in [0.5, 0.6) is 0 Å². The zero-order chi connectivity index (χ0) is 19.8. The molecular formula is C24H21N3O2. The maximum absolute atomic E-state index is 12.3. The molecule has 0 radical (unpaired) electrons. The van der Waals surface area contributed by atoms with Gasteiger partial charge in [0.2, 0.25) is 0 Å². The van der Waals surface area contributed by atoms with Gasteiger partial charge in [0.15, 0.2) is 0 Å². The fraction of sp³-hybridized carbons (Fsp3) is 0.167. The molecule has 1 aliphatic carbocycles. The minimum absolute atomic E-state index is 0.0632. The largest absolute Gasteiger partial charge is 0.396 e. The second-order valence-corrected chi connectivity index (χ2v) is 7.32. The van der Waals surface area contributed by atoms with E-state index in [1.807, 2.05) is 12.1 Å². The lowest BCUT2D eigenvalue weighted by atomic mass is 9.99. The van der Waals surface area contributed by atoms with Gasteiger partial charge in [-0.15, -0.1) is 0 Å². The summed E-state index contributed by atoms with van der Waals surface area (Å²) in [6.45, 7) is 0.519. The Hall–Kier alpha value is -3.44. The molecule has 0 saturated carbocycles. The van der Waals surface area contributed by atoms with Gasteiger partial charge in [-0.25, -0.2) is 4.98 Å². The van der Waals surface area contributed by atoms with Crippen molar-refractivity contribution in [3.8, 4) is 22.5 Å². The molecule has 4 aromatic rings. The molecule has 0 aliphatic heterocycles. The lowest BCUT2D eigenvalue weighted by molar-refractivity contribution is 0.0951. The Kier molecular flexibility index (Phi) is 4.37. The van der Waals surface area contributed by atoms with Crippen molar-refractivity contribution < 1.29 is 9.90 Å². The molecule has 0 atom stereocenters. The molecule has 0 saturated heterocycles. The Labute approximate surface area is 168 Å². The van der Waals surface area contributed by atoms with E-state index < -0.39 is 0 Å². The van der Waals surface area contributed by atoms with E-state index in [2.05, 4.69) is 52.8 Å². The molecular weight excluding hydrogens is 362 g/mol. The molecule has 0 bridgehead atoms. The van der Waals surface area contributed by atoms with Gasteiger partial charge in [-0.2, -0.15) is 0 Å². The van der Waals surface area contributed by atoms with Crippen LogP contribution in [-0.2, 0) is 6.42 Å². The first kappa shape index (κ1) is 17.6. The number of carbonyl (C=O) groups is 1. The summed E-state index contributed by atoms with van der Waals surface area (Å²) in [6, 6.07) is 20.3. The maximum Gasteiger partial charge on any atom is 0.251 e. The molecule has 0 unspecified atom stereocenters. The van der Waals surface area contributed by atoms with Crippen molar-refractivity contribution in [2.24, 2.45) is 0 Å². The number of aromatic nitrogens is 2. The van der Waals surface area contributed by atoms with E-state index >= 15 is 0 Å². The molecule has 5 heteroatoms. The van der Waals surface area contributed by atoms with Gasteiger partial charge in [0, 0.05) is 24.3 Å². The number of aromatic amines is 1. The Morgan fingerprint density at radius 3 is 2.76 bits per heavy atom. The number of hydrogen-bond acceptors (Lipinski definition) is 3. The minimum atomic E-state index is -0.147. The Morgan fingerprint density at radius 1 is 1.03 bits per heavy atom. The molecule has 1 amide bonds. The molecule has 1 heterocycles. The Morgan fingerprint density at radius 2 is 1.86 bits per heavy atom. The van der Waals surface area contributed by atoms with Crippen LogP contribution < -0.4 is 5.32 Å². The number of nitrogens with zero attached hydrogens (tertiary/aromatic N) is 1. The number of aliphatic hydroxyl groups excluding tert-OH is 1. The van der Waals surface area contributed by atoms with Crippen molar-refractivity contribution in [1.29, 1.82) is 0 Å². The number of amides is 1. The summed E-state index contributed by atoms with van der Waals surface area (Å²) in [7, 11) is 0. The highest BCUT2D eigenvalue weighted by molar-refractivity contribution is 5.98. The smallest absolute Gasteiger partial charge is 0.251 e. The normalized spacial score (nSPS) is 12.0. The van der Waals surface area contributed by atoms with Gasteiger partial charge in [0.1, 0.15) is 5.82 Å². The molecule has 144 valence electrons. The van der Waals surface area contributed by atoms with Crippen molar-refractivity contribution >= 4 is 16.9 Å². The van der Waals surface area contributed by atoms with Crippen LogP contribution in [0.1, 0.15) is 27.9 Å². The molecule has 5 nitrogen and oxygen atoms in total. The van der Waals surface area contributed by atoms with Crippen LogP contribution in [0.4, 0.5) is 0 Å². The van der Waals surface area contributed by atoms with Gasteiger partial charge in [-0.05, 0) is 53.3 Å². The van der Waals surface area contributed by atoms with E-state index in [-0.39, 0.29) is 12.5 Å². The first-order valence-electron chi connectivity index (χ1n) is 9.84.